The van der Waals surface area contributed by atoms with E-state index in [0.717, 1.165) is 0 Å². The lowest BCUT2D eigenvalue weighted by atomic mass is 10.1. The van der Waals surface area contributed by atoms with E-state index in [1.165, 1.54) is 0 Å². The number of ether oxygens (including phenoxy) is 3. The highest BCUT2D eigenvalue weighted by molar-refractivity contribution is 5.79. The van der Waals surface area contributed by atoms with Gasteiger partial charge in [-0.3, -0.25) is 4.79 Å². The number of carbonyl (C=O) groups excluding carboxylic acids is 1. The molecule has 0 heterocycles. The number of esters is 1. The summed E-state index contributed by atoms with van der Waals surface area (Å²) in [5.74, 6) is -0.389. The van der Waals surface area contributed by atoms with Crippen molar-refractivity contribution in [3.05, 3.63) is 0 Å². The second-order valence-electron chi connectivity index (χ2n) is 3.82. The summed E-state index contributed by atoms with van der Waals surface area (Å²) >= 11 is 0. The largest absolute Gasteiger partial charge is 0.464 e. The van der Waals surface area contributed by atoms with Gasteiger partial charge >= 0.3 is 5.97 Å². The first-order valence-corrected chi connectivity index (χ1v) is 5.01. The zero-order chi connectivity index (χ0) is 11.7. The maximum Gasteiger partial charge on any atom is 0.325 e. The van der Waals surface area contributed by atoms with Gasteiger partial charge < -0.3 is 19.9 Å². The number of carbonyl (C=O) groups is 1. The van der Waals surface area contributed by atoms with E-state index in [1.807, 2.05) is 0 Å². The van der Waals surface area contributed by atoms with E-state index in [2.05, 4.69) is 0 Å². The van der Waals surface area contributed by atoms with Gasteiger partial charge in [-0.25, -0.2) is 0 Å². The normalized spacial score (nSPS) is 11.5. The number of hydrogen-bond donors (Lipinski definition) is 1. The molecule has 0 aromatic carbocycles. The molecule has 0 aliphatic heterocycles. The molecule has 90 valence electrons. The second kappa shape index (κ2) is 7.62. The van der Waals surface area contributed by atoms with Crippen LogP contribution in [-0.2, 0) is 19.0 Å². The summed E-state index contributed by atoms with van der Waals surface area (Å²) in [6, 6.07) is 0. The first-order chi connectivity index (χ1) is 6.98. The SMILES string of the molecule is COCCOCCCOC(=O)C(C)(C)N. The molecular weight excluding hydrogens is 198 g/mol. The van der Waals surface area contributed by atoms with Crippen molar-refractivity contribution in [2.24, 2.45) is 5.73 Å². The first kappa shape index (κ1) is 14.3. The Bertz CT molecular complexity index is 177. The lowest BCUT2D eigenvalue weighted by Crippen LogP contribution is -2.43. The van der Waals surface area contributed by atoms with Crippen LogP contribution in [0.25, 0.3) is 0 Å². The molecular formula is C10H21NO4. The third-order valence-corrected chi connectivity index (χ3v) is 1.62. The van der Waals surface area contributed by atoms with Gasteiger partial charge in [0, 0.05) is 20.1 Å². The van der Waals surface area contributed by atoms with Crippen molar-refractivity contribution >= 4 is 5.97 Å². The Labute approximate surface area is 90.9 Å². The highest BCUT2D eigenvalue weighted by Gasteiger charge is 2.23. The van der Waals surface area contributed by atoms with Crippen molar-refractivity contribution in [2.45, 2.75) is 25.8 Å². The van der Waals surface area contributed by atoms with Crippen LogP contribution >= 0.6 is 0 Å². The number of methoxy groups -OCH3 is 1. The molecule has 0 amide bonds. The fourth-order valence-corrected chi connectivity index (χ4v) is 0.756. The summed E-state index contributed by atoms with van der Waals surface area (Å²) in [6.07, 6.45) is 0.672. The van der Waals surface area contributed by atoms with Crippen LogP contribution < -0.4 is 5.73 Å². The highest BCUT2D eigenvalue weighted by atomic mass is 16.5. The molecule has 0 aromatic heterocycles. The standard InChI is InChI=1S/C10H21NO4/c1-10(2,11)9(12)15-6-4-5-14-8-7-13-3/h4-8,11H2,1-3H3. The minimum absolute atomic E-state index is 0.340. The van der Waals surface area contributed by atoms with Crippen LogP contribution in [0.1, 0.15) is 20.3 Å². The number of hydrogen-bond acceptors (Lipinski definition) is 5. The Morgan fingerprint density at radius 3 is 2.40 bits per heavy atom. The zero-order valence-electron chi connectivity index (χ0n) is 9.75. The number of nitrogens with two attached hydrogens (primary N) is 1. The van der Waals surface area contributed by atoms with Gasteiger partial charge in [-0.05, 0) is 13.8 Å². The summed E-state index contributed by atoms with van der Waals surface area (Å²) in [5.41, 5.74) is 4.62. The molecule has 5 heteroatoms. The Hall–Kier alpha value is -0.650. The predicted octanol–water partition coefficient (Wildman–Crippen LogP) is 0.320. The summed E-state index contributed by atoms with van der Waals surface area (Å²) in [5, 5.41) is 0. The monoisotopic (exact) mass is 219 g/mol. The summed E-state index contributed by atoms with van der Waals surface area (Å²) < 4.78 is 14.9. The van der Waals surface area contributed by atoms with Gasteiger partial charge in [-0.2, -0.15) is 0 Å². The Kier molecular flexibility index (Phi) is 7.29. The fourth-order valence-electron chi connectivity index (χ4n) is 0.756. The molecule has 0 unspecified atom stereocenters. The van der Waals surface area contributed by atoms with Crippen molar-refractivity contribution in [2.75, 3.05) is 33.5 Å². The van der Waals surface area contributed by atoms with Crippen LogP contribution in [0.3, 0.4) is 0 Å². The molecule has 0 rings (SSSR count). The van der Waals surface area contributed by atoms with Crippen LogP contribution in [-0.4, -0.2) is 45.0 Å². The molecule has 0 saturated heterocycles. The van der Waals surface area contributed by atoms with Crippen molar-refractivity contribution in [1.29, 1.82) is 0 Å². The van der Waals surface area contributed by atoms with Crippen molar-refractivity contribution in [1.82, 2.24) is 0 Å². The molecule has 0 atom stereocenters. The van der Waals surface area contributed by atoms with E-state index in [1.54, 1.807) is 21.0 Å². The third kappa shape index (κ3) is 8.35. The average Bonchev–Trinajstić information content (AvgIpc) is 2.14. The van der Waals surface area contributed by atoms with Gasteiger partial charge in [-0.1, -0.05) is 0 Å². The molecule has 0 bridgehead atoms. The first-order valence-electron chi connectivity index (χ1n) is 5.01. The number of rotatable bonds is 8. The molecule has 2 N–H and O–H groups in total. The van der Waals surface area contributed by atoms with Crippen LogP contribution in [0.15, 0.2) is 0 Å². The van der Waals surface area contributed by atoms with Gasteiger partial charge in [0.05, 0.1) is 19.8 Å². The molecule has 0 saturated carbocycles. The maximum atomic E-state index is 11.2. The molecule has 5 nitrogen and oxygen atoms in total. The third-order valence-electron chi connectivity index (χ3n) is 1.62. The highest BCUT2D eigenvalue weighted by Crippen LogP contribution is 2.00. The van der Waals surface area contributed by atoms with Gasteiger partial charge in [0.2, 0.25) is 0 Å². The second-order valence-corrected chi connectivity index (χ2v) is 3.82. The van der Waals surface area contributed by atoms with Crippen LogP contribution in [0.5, 0.6) is 0 Å². The Balaban J connectivity index is 3.28. The molecule has 0 fully saturated rings. The van der Waals surface area contributed by atoms with E-state index in [0.29, 0.717) is 32.8 Å². The average molecular weight is 219 g/mol. The van der Waals surface area contributed by atoms with Gasteiger partial charge in [0.1, 0.15) is 5.54 Å². The smallest absolute Gasteiger partial charge is 0.325 e. The predicted molar refractivity (Wildman–Crippen MR) is 56.5 cm³/mol. The Morgan fingerprint density at radius 2 is 1.87 bits per heavy atom. The molecule has 0 aliphatic rings. The van der Waals surface area contributed by atoms with Crippen molar-refractivity contribution in [3.8, 4) is 0 Å². The minimum Gasteiger partial charge on any atom is -0.464 e. The molecule has 0 aliphatic carbocycles. The fraction of sp³-hybridized carbons (Fsp3) is 0.900. The summed E-state index contributed by atoms with van der Waals surface area (Å²) in [6.45, 7) is 5.27. The van der Waals surface area contributed by atoms with E-state index in [9.17, 15) is 4.79 Å². The minimum atomic E-state index is -0.920. The molecule has 0 spiro atoms. The van der Waals surface area contributed by atoms with Gasteiger partial charge in [0.25, 0.3) is 0 Å². The van der Waals surface area contributed by atoms with Gasteiger partial charge in [-0.15, -0.1) is 0 Å². The van der Waals surface area contributed by atoms with E-state index in [4.69, 9.17) is 19.9 Å². The zero-order valence-corrected chi connectivity index (χ0v) is 9.75. The summed E-state index contributed by atoms with van der Waals surface area (Å²) in [7, 11) is 1.62. The van der Waals surface area contributed by atoms with Crippen LogP contribution in [0, 0.1) is 0 Å². The van der Waals surface area contributed by atoms with Gasteiger partial charge in [0.15, 0.2) is 0 Å². The van der Waals surface area contributed by atoms with E-state index < -0.39 is 5.54 Å². The summed E-state index contributed by atoms with van der Waals surface area (Å²) in [4.78, 5) is 11.2. The lowest BCUT2D eigenvalue weighted by molar-refractivity contribution is -0.149. The quantitative estimate of drug-likeness (QED) is 0.470. The molecule has 0 aromatic rings. The topological polar surface area (TPSA) is 70.8 Å². The maximum absolute atomic E-state index is 11.2. The molecule has 0 radical (unpaired) electrons. The Morgan fingerprint density at radius 1 is 1.20 bits per heavy atom. The van der Waals surface area contributed by atoms with Crippen LogP contribution in [0.4, 0.5) is 0 Å². The van der Waals surface area contributed by atoms with Crippen LogP contribution in [0.2, 0.25) is 0 Å². The van der Waals surface area contributed by atoms with E-state index >= 15 is 0 Å². The molecule has 15 heavy (non-hydrogen) atoms. The lowest BCUT2D eigenvalue weighted by Gasteiger charge is -2.16. The van der Waals surface area contributed by atoms with Crippen molar-refractivity contribution in [3.63, 3.8) is 0 Å². The van der Waals surface area contributed by atoms with E-state index in [-0.39, 0.29) is 5.97 Å². The van der Waals surface area contributed by atoms with Crippen molar-refractivity contribution < 1.29 is 19.0 Å².